The lowest BCUT2D eigenvalue weighted by Gasteiger charge is -2.12. The molecule has 1 aromatic heterocycles. The molecule has 2 rings (SSSR count). The summed E-state index contributed by atoms with van der Waals surface area (Å²) >= 11 is 0. The first-order chi connectivity index (χ1) is 10.4. The van der Waals surface area contributed by atoms with Crippen molar-refractivity contribution in [2.45, 2.75) is 26.1 Å². The number of H-pyrrole nitrogens is 1. The highest BCUT2D eigenvalue weighted by molar-refractivity contribution is 5.86. The largest absolute Gasteiger partial charge is 0.723 e. The van der Waals surface area contributed by atoms with Crippen LogP contribution >= 0.6 is 0 Å². The number of nitrogens with zero attached hydrogens (tertiary/aromatic N) is 1. The van der Waals surface area contributed by atoms with Crippen LogP contribution in [0.1, 0.15) is 23.2 Å². The highest BCUT2D eigenvalue weighted by Crippen LogP contribution is 2.29. The van der Waals surface area contributed by atoms with Crippen LogP contribution in [0, 0.1) is 12.8 Å². The summed E-state index contributed by atoms with van der Waals surface area (Å²) < 4.78 is 13.5. The summed E-state index contributed by atoms with van der Waals surface area (Å²) in [6.45, 7) is 1.32. The van der Waals surface area contributed by atoms with Crippen LogP contribution in [-0.2, 0) is 16.3 Å². The number of aliphatic carboxylic acids is 1. The molecule has 0 aromatic carbocycles. The number of allylic oxidation sites excluding steroid dienone is 2. The van der Waals surface area contributed by atoms with Gasteiger partial charge in [0, 0.05) is 37.1 Å². The van der Waals surface area contributed by atoms with Crippen molar-refractivity contribution in [2.75, 3.05) is 0 Å². The number of carboxylic acid groups (broad SMARTS) is 1. The number of nitrogens with one attached hydrogen (secondary N) is 1. The van der Waals surface area contributed by atoms with E-state index in [1.807, 2.05) is 0 Å². The lowest BCUT2D eigenvalue weighted by atomic mass is 10.1. The molecule has 0 fully saturated rings. The fourth-order valence-corrected chi connectivity index (χ4v) is 2.18. The van der Waals surface area contributed by atoms with Crippen molar-refractivity contribution in [3.63, 3.8) is 0 Å². The second-order valence-corrected chi connectivity index (χ2v) is 4.95. The standard InChI is InChI=1S/C14H15FN2O5/c1-7-13(18)11(8(4-16-7)6-22-21)5-17-9-2-10(14(19)20)12(15)3-9/h3-5,10,12,18,21H,2,6H2,1H3,(H,19,20)/p-1/t10-,12?/m1/s1. The van der Waals surface area contributed by atoms with Crippen LogP contribution in [0.2, 0.25) is 0 Å². The minimum absolute atomic E-state index is 0.0912. The summed E-state index contributed by atoms with van der Waals surface area (Å²) in [5, 5.41) is 31.0. The van der Waals surface area contributed by atoms with Gasteiger partial charge in [-0.1, -0.05) is 0 Å². The normalized spacial score (nSPS) is 21.3. The molecule has 2 N–H and O–H groups in total. The molecule has 1 unspecified atom stereocenters. The molecule has 1 aliphatic carbocycles. The van der Waals surface area contributed by atoms with Crippen LogP contribution in [0.25, 0.3) is 0 Å². The molecule has 7 nitrogen and oxygen atoms in total. The maximum atomic E-state index is 13.5. The fraction of sp³-hybridized carbons (Fsp3) is 0.357. The summed E-state index contributed by atoms with van der Waals surface area (Å²) in [5.74, 6) is -2.84. The van der Waals surface area contributed by atoms with E-state index >= 15 is 0 Å². The Bertz CT molecular complexity index is 644. The average Bonchev–Trinajstić information content (AvgIpc) is 2.84. The molecular formula is C14H14FN2O5-. The van der Waals surface area contributed by atoms with E-state index in [4.69, 9.17) is 0 Å². The van der Waals surface area contributed by atoms with Crippen molar-refractivity contribution in [1.29, 1.82) is 0 Å². The van der Waals surface area contributed by atoms with Gasteiger partial charge in [0.15, 0.2) is 11.9 Å². The Balaban J connectivity index is 2.26. The zero-order valence-electron chi connectivity index (χ0n) is 11.7. The van der Waals surface area contributed by atoms with Crippen molar-refractivity contribution >= 4 is 12.2 Å². The summed E-state index contributed by atoms with van der Waals surface area (Å²) in [6, 6.07) is 0. The van der Waals surface area contributed by atoms with E-state index < -0.39 is 18.1 Å². The SMILES string of the molecule is Cc1[nH+]cc(CO[O-])c(C=NC2=CC(F)[C@H](C(=O)[O-])C2)c1O. The number of aromatic nitrogens is 1. The van der Waals surface area contributed by atoms with Gasteiger partial charge in [-0.15, -0.1) is 0 Å². The lowest BCUT2D eigenvalue weighted by molar-refractivity contribution is -0.695. The van der Waals surface area contributed by atoms with Crippen LogP contribution in [-0.4, -0.2) is 23.5 Å². The maximum absolute atomic E-state index is 13.5. The number of carbonyl (C=O) groups is 1. The monoisotopic (exact) mass is 309 g/mol. The molecule has 0 bridgehead atoms. The number of aryl methyl sites for hydroxylation is 1. The summed E-state index contributed by atoms with van der Waals surface area (Å²) in [4.78, 5) is 21.3. The third-order valence-corrected chi connectivity index (χ3v) is 3.46. The lowest BCUT2D eigenvalue weighted by Crippen LogP contribution is -2.34. The molecule has 1 aromatic rings. The van der Waals surface area contributed by atoms with Gasteiger partial charge < -0.3 is 25.2 Å². The Morgan fingerprint density at radius 1 is 1.68 bits per heavy atom. The number of carbonyl (C=O) groups excluding carboxylic acids is 1. The van der Waals surface area contributed by atoms with Gasteiger partial charge in [0.25, 0.3) is 0 Å². The van der Waals surface area contributed by atoms with Crippen LogP contribution in [0.4, 0.5) is 4.39 Å². The predicted octanol–water partition coefficient (Wildman–Crippen LogP) is -1.28. The topological polar surface area (TPSA) is 119 Å². The molecule has 0 spiro atoms. The number of rotatable bonds is 5. The van der Waals surface area contributed by atoms with E-state index in [-0.39, 0.29) is 30.0 Å². The van der Waals surface area contributed by atoms with Crippen LogP contribution in [0.5, 0.6) is 5.75 Å². The van der Waals surface area contributed by atoms with E-state index in [0.717, 1.165) is 6.08 Å². The molecule has 8 heteroatoms. The van der Waals surface area contributed by atoms with Gasteiger partial charge in [0.1, 0.15) is 6.17 Å². The number of aromatic hydroxyl groups is 1. The van der Waals surface area contributed by atoms with Gasteiger partial charge in [-0.05, 0) is 6.08 Å². The van der Waals surface area contributed by atoms with E-state index in [1.54, 1.807) is 6.92 Å². The van der Waals surface area contributed by atoms with Gasteiger partial charge >= 0.3 is 0 Å². The number of carboxylic acids is 1. The molecule has 0 aliphatic heterocycles. The van der Waals surface area contributed by atoms with Crippen LogP contribution < -0.4 is 15.3 Å². The minimum atomic E-state index is -1.65. The first-order valence-electron chi connectivity index (χ1n) is 6.51. The Morgan fingerprint density at radius 2 is 2.41 bits per heavy atom. The molecule has 0 saturated carbocycles. The quantitative estimate of drug-likeness (QED) is 0.412. The third kappa shape index (κ3) is 3.29. The van der Waals surface area contributed by atoms with Gasteiger partial charge in [0.2, 0.25) is 5.69 Å². The molecule has 0 saturated heterocycles. The Labute approximate surface area is 125 Å². The number of hydrogen-bond donors (Lipinski definition) is 1. The van der Waals surface area contributed by atoms with Crippen molar-refractivity contribution in [1.82, 2.24) is 0 Å². The van der Waals surface area contributed by atoms with E-state index in [2.05, 4.69) is 14.9 Å². The summed E-state index contributed by atoms with van der Waals surface area (Å²) in [5.41, 5.74) is 1.31. The molecule has 1 aliphatic rings. The number of hydrogen-bond acceptors (Lipinski definition) is 6. The zero-order chi connectivity index (χ0) is 16.3. The molecule has 1 heterocycles. The smallest absolute Gasteiger partial charge is 0.219 e. The summed E-state index contributed by atoms with van der Waals surface area (Å²) in [7, 11) is 0. The number of aromatic amines is 1. The molecule has 118 valence electrons. The average molecular weight is 309 g/mol. The molecule has 0 radical (unpaired) electrons. The zero-order valence-corrected chi connectivity index (χ0v) is 11.7. The van der Waals surface area contributed by atoms with Crippen LogP contribution in [0.3, 0.4) is 0 Å². The molecule has 22 heavy (non-hydrogen) atoms. The molecular weight excluding hydrogens is 295 g/mol. The fourth-order valence-electron chi connectivity index (χ4n) is 2.18. The molecule has 0 amide bonds. The van der Waals surface area contributed by atoms with Gasteiger partial charge in [0.05, 0.1) is 17.7 Å². The van der Waals surface area contributed by atoms with Crippen molar-refractivity contribution < 1.29 is 34.5 Å². The Hall–Kier alpha value is -2.32. The van der Waals surface area contributed by atoms with Crippen molar-refractivity contribution in [3.8, 4) is 5.75 Å². The number of aliphatic imine (C=N–C) groups is 1. The van der Waals surface area contributed by atoms with E-state index in [0.29, 0.717) is 11.3 Å². The number of pyridine rings is 1. The Morgan fingerprint density at radius 3 is 3.00 bits per heavy atom. The van der Waals surface area contributed by atoms with Crippen molar-refractivity contribution in [3.05, 3.63) is 34.8 Å². The van der Waals surface area contributed by atoms with Gasteiger partial charge in [-0.3, -0.25) is 4.99 Å². The third-order valence-electron chi connectivity index (χ3n) is 3.46. The predicted molar refractivity (Wildman–Crippen MR) is 67.9 cm³/mol. The Kier molecular flexibility index (Phi) is 4.84. The van der Waals surface area contributed by atoms with Crippen molar-refractivity contribution in [2.24, 2.45) is 10.9 Å². The first-order valence-corrected chi connectivity index (χ1v) is 6.51. The van der Waals surface area contributed by atoms with Crippen LogP contribution in [0.15, 0.2) is 23.0 Å². The summed E-state index contributed by atoms with van der Waals surface area (Å²) in [6.07, 6.45) is 2.09. The van der Waals surface area contributed by atoms with Gasteiger partial charge in [-0.2, -0.15) is 0 Å². The number of halogens is 1. The van der Waals surface area contributed by atoms with Gasteiger partial charge in [-0.25, -0.2) is 9.37 Å². The number of alkyl halides is 1. The molecule has 2 atom stereocenters. The van der Waals surface area contributed by atoms with E-state index in [9.17, 15) is 24.7 Å². The maximum Gasteiger partial charge on any atom is 0.219 e. The highest BCUT2D eigenvalue weighted by atomic mass is 19.1. The van der Waals surface area contributed by atoms with E-state index in [1.165, 1.54) is 12.4 Å². The highest BCUT2D eigenvalue weighted by Gasteiger charge is 2.28. The first kappa shape index (κ1) is 16.1. The minimum Gasteiger partial charge on any atom is -0.723 e. The second-order valence-electron chi connectivity index (χ2n) is 4.95. The second kappa shape index (κ2) is 6.63.